The molecule has 0 aliphatic carbocycles. The molecule has 7 nitrogen and oxygen atoms in total. The van der Waals surface area contributed by atoms with E-state index in [0.717, 1.165) is 13.0 Å². The molecular formula is C23H32N4O3S2. The van der Waals surface area contributed by atoms with Crippen LogP contribution >= 0.6 is 11.8 Å². The SMILES string of the molecule is CC(C)CCNC(=O)CSc1ccc(S(=O)(=O)N2CCN(Cc3ccccc3)CC2)cn1. The first kappa shape index (κ1) is 24.7. The molecule has 0 atom stereocenters. The second kappa shape index (κ2) is 11.8. The maximum absolute atomic E-state index is 13.0. The fourth-order valence-electron chi connectivity index (χ4n) is 3.41. The van der Waals surface area contributed by atoms with Crippen molar-refractivity contribution in [1.82, 2.24) is 19.5 Å². The van der Waals surface area contributed by atoms with Gasteiger partial charge in [0.05, 0.1) is 10.8 Å². The maximum atomic E-state index is 13.0. The monoisotopic (exact) mass is 476 g/mol. The summed E-state index contributed by atoms with van der Waals surface area (Å²) in [5.74, 6) is 0.772. The largest absolute Gasteiger partial charge is 0.355 e. The summed E-state index contributed by atoms with van der Waals surface area (Å²) in [4.78, 5) is 18.6. The Hall–Kier alpha value is -1.94. The van der Waals surface area contributed by atoms with Crippen molar-refractivity contribution in [1.29, 1.82) is 0 Å². The minimum Gasteiger partial charge on any atom is -0.355 e. The lowest BCUT2D eigenvalue weighted by atomic mass is 10.1. The van der Waals surface area contributed by atoms with E-state index in [4.69, 9.17) is 0 Å². The van der Waals surface area contributed by atoms with Crippen molar-refractivity contribution in [2.24, 2.45) is 5.92 Å². The number of sulfonamides is 1. The first-order valence-electron chi connectivity index (χ1n) is 11.0. The van der Waals surface area contributed by atoms with Gasteiger partial charge >= 0.3 is 0 Å². The number of thioether (sulfide) groups is 1. The zero-order chi connectivity index (χ0) is 23.0. The molecule has 0 radical (unpaired) electrons. The Morgan fingerprint density at radius 1 is 1.09 bits per heavy atom. The molecular weight excluding hydrogens is 444 g/mol. The van der Waals surface area contributed by atoms with Gasteiger partial charge in [-0.15, -0.1) is 0 Å². The van der Waals surface area contributed by atoms with E-state index in [9.17, 15) is 13.2 Å². The molecule has 0 bridgehead atoms. The van der Waals surface area contributed by atoms with E-state index in [1.807, 2.05) is 18.2 Å². The summed E-state index contributed by atoms with van der Waals surface area (Å²) >= 11 is 1.31. The van der Waals surface area contributed by atoms with Gasteiger partial charge in [0.1, 0.15) is 4.90 Å². The Morgan fingerprint density at radius 3 is 2.44 bits per heavy atom. The summed E-state index contributed by atoms with van der Waals surface area (Å²) in [5.41, 5.74) is 1.23. The summed E-state index contributed by atoms with van der Waals surface area (Å²) in [7, 11) is -3.57. The highest BCUT2D eigenvalue weighted by Crippen LogP contribution is 2.21. The molecule has 32 heavy (non-hydrogen) atoms. The number of carbonyl (C=O) groups excluding carboxylic acids is 1. The third-order valence-corrected chi connectivity index (χ3v) is 8.15. The average Bonchev–Trinajstić information content (AvgIpc) is 2.79. The highest BCUT2D eigenvalue weighted by Gasteiger charge is 2.28. The van der Waals surface area contributed by atoms with E-state index < -0.39 is 10.0 Å². The first-order chi connectivity index (χ1) is 15.3. The number of hydrogen-bond acceptors (Lipinski definition) is 6. The number of benzene rings is 1. The molecule has 2 heterocycles. The van der Waals surface area contributed by atoms with E-state index in [-0.39, 0.29) is 16.6 Å². The summed E-state index contributed by atoms with van der Waals surface area (Å²) in [6.45, 7) is 8.04. The summed E-state index contributed by atoms with van der Waals surface area (Å²) in [6, 6.07) is 13.5. The number of nitrogens with zero attached hydrogens (tertiary/aromatic N) is 3. The minimum atomic E-state index is -3.57. The number of pyridine rings is 1. The first-order valence-corrected chi connectivity index (χ1v) is 13.4. The Morgan fingerprint density at radius 2 is 1.81 bits per heavy atom. The molecule has 0 unspecified atom stereocenters. The predicted molar refractivity (Wildman–Crippen MR) is 128 cm³/mol. The fraction of sp³-hybridized carbons (Fsp3) is 0.478. The topological polar surface area (TPSA) is 82.6 Å². The quantitative estimate of drug-likeness (QED) is 0.531. The molecule has 0 spiro atoms. The number of aromatic nitrogens is 1. The van der Waals surface area contributed by atoms with E-state index in [1.165, 1.54) is 27.8 Å². The predicted octanol–water partition coefficient (Wildman–Crippen LogP) is 2.84. The van der Waals surface area contributed by atoms with Gasteiger partial charge in [-0.05, 0) is 30.0 Å². The number of piperazine rings is 1. The standard InChI is InChI=1S/C23H32N4O3S2/c1-19(2)10-11-24-22(28)18-31-23-9-8-21(16-25-23)32(29,30)27-14-12-26(13-15-27)17-20-6-4-3-5-7-20/h3-9,16,19H,10-15,17-18H2,1-2H3,(H,24,28). The van der Waals surface area contributed by atoms with Gasteiger partial charge in [0.15, 0.2) is 0 Å². The fourth-order valence-corrected chi connectivity index (χ4v) is 5.45. The van der Waals surface area contributed by atoms with Gasteiger partial charge in [0, 0.05) is 45.5 Å². The van der Waals surface area contributed by atoms with E-state index >= 15 is 0 Å². The summed E-state index contributed by atoms with van der Waals surface area (Å²) < 4.78 is 27.5. The lowest BCUT2D eigenvalue weighted by molar-refractivity contribution is -0.118. The molecule has 1 aliphatic heterocycles. The summed E-state index contributed by atoms with van der Waals surface area (Å²) in [5, 5.41) is 3.52. The molecule has 1 saturated heterocycles. The molecule has 3 rings (SSSR count). The molecule has 1 amide bonds. The molecule has 1 aromatic heterocycles. The van der Waals surface area contributed by atoms with Crippen LogP contribution in [0.15, 0.2) is 58.6 Å². The highest BCUT2D eigenvalue weighted by atomic mass is 32.2. The van der Waals surface area contributed by atoms with Crippen molar-refractivity contribution in [3.05, 3.63) is 54.2 Å². The zero-order valence-corrected chi connectivity index (χ0v) is 20.4. The second-order valence-electron chi connectivity index (χ2n) is 8.32. The second-order valence-corrected chi connectivity index (χ2v) is 11.3. The third-order valence-electron chi connectivity index (χ3n) is 5.32. The Bertz CT molecular complexity index is 958. The van der Waals surface area contributed by atoms with Crippen LogP contribution in [0.4, 0.5) is 0 Å². The van der Waals surface area contributed by atoms with Crippen LogP contribution in [0.5, 0.6) is 0 Å². The van der Waals surface area contributed by atoms with Gasteiger partial charge in [-0.25, -0.2) is 13.4 Å². The smallest absolute Gasteiger partial charge is 0.244 e. The summed E-state index contributed by atoms with van der Waals surface area (Å²) in [6.07, 6.45) is 2.34. The van der Waals surface area contributed by atoms with Crippen LogP contribution < -0.4 is 5.32 Å². The molecule has 9 heteroatoms. The van der Waals surface area contributed by atoms with Gasteiger partial charge < -0.3 is 5.32 Å². The van der Waals surface area contributed by atoms with Crippen molar-refractivity contribution in [2.75, 3.05) is 38.5 Å². The van der Waals surface area contributed by atoms with Crippen LogP contribution in [-0.4, -0.2) is 67.0 Å². The zero-order valence-electron chi connectivity index (χ0n) is 18.7. The van der Waals surface area contributed by atoms with Crippen LogP contribution in [0.1, 0.15) is 25.8 Å². The lowest BCUT2D eigenvalue weighted by Crippen LogP contribution is -2.48. The van der Waals surface area contributed by atoms with Gasteiger partial charge in [0.25, 0.3) is 0 Å². The maximum Gasteiger partial charge on any atom is 0.244 e. The number of carbonyl (C=O) groups is 1. The number of rotatable bonds is 10. The molecule has 1 N–H and O–H groups in total. The Kier molecular flexibility index (Phi) is 9.10. The van der Waals surface area contributed by atoms with E-state index in [1.54, 1.807) is 12.1 Å². The van der Waals surface area contributed by atoms with Crippen molar-refractivity contribution in [3.63, 3.8) is 0 Å². The van der Waals surface area contributed by atoms with Crippen LogP contribution in [-0.2, 0) is 21.4 Å². The normalized spacial score (nSPS) is 15.7. The van der Waals surface area contributed by atoms with Crippen LogP contribution in [0.2, 0.25) is 0 Å². The Balaban J connectivity index is 1.48. The van der Waals surface area contributed by atoms with Gasteiger partial charge in [0.2, 0.25) is 15.9 Å². The van der Waals surface area contributed by atoms with Gasteiger partial charge in [-0.2, -0.15) is 4.31 Å². The van der Waals surface area contributed by atoms with Gasteiger partial charge in [-0.1, -0.05) is 55.9 Å². The highest BCUT2D eigenvalue weighted by molar-refractivity contribution is 7.99. The number of hydrogen-bond donors (Lipinski definition) is 1. The molecule has 0 saturated carbocycles. The number of nitrogens with one attached hydrogen (secondary N) is 1. The molecule has 1 aliphatic rings. The van der Waals surface area contributed by atoms with Crippen LogP contribution in [0, 0.1) is 5.92 Å². The Labute approximate surface area is 195 Å². The van der Waals surface area contributed by atoms with Crippen molar-refractivity contribution in [2.45, 2.75) is 36.7 Å². The van der Waals surface area contributed by atoms with Crippen LogP contribution in [0.25, 0.3) is 0 Å². The number of amides is 1. The van der Waals surface area contributed by atoms with Crippen molar-refractivity contribution >= 4 is 27.7 Å². The molecule has 1 fully saturated rings. The average molecular weight is 477 g/mol. The van der Waals surface area contributed by atoms with Gasteiger partial charge in [-0.3, -0.25) is 9.69 Å². The van der Waals surface area contributed by atoms with Crippen molar-refractivity contribution < 1.29 is 13.2 Å². The van der Waals surface area contributed by atoms with E-state index in [0.29, 0.717) is 43.7 Å². The third kappa shape index (κ3) is 7.30. The minimum absolute atomic E-state index is 0.0393. The van der Waals surface area contributed by atoms with E-state index in [2.05, 4.69) is 41.2 Å². The van der Waals surface area contributed by atoms with Crippen molar-refractivity contribution in [3.8, 4) is 0 Å². The molecule has 2 aromatic rings. The molecule has 174 valence electrons. The van der Waals surface area contributed by atoms with Crippen LogP contribution in [0.3, 0.4) is 0 Å². The lowest BCUT2D eigenvalue weighted by Gasteiger charge is -2.33. The molecule has 1 aromatic carbocycles.